The van der Waals surface area contributed by atoms with E-state index < -0.39 is 11.6 Å². The number of urea groups is 1. The van der Waals surface area contributed by atoms with Gasteiger partial charge in [0.25, 0.3) is 5.56 Å². The van der Waals surface area contributed by atoms with Gasteiger partial charge in [0.15, 0.2) is 5.88 Å². The number of nitrogens with one attached hydrogen (secondary N) is 2. The van der Waals surface area contributed by atoms with Gasteiger partial charge in [0, 0.05) is 12.1 Å². The van der Waals surface area contributed by atoms with E-state index in [4.69, 9.17) is 10.8 Å². The number of likely N-dealkylation sites (tertiary alicyclic amines) is 1. The zero-order valence-electron chi connectivity index (χ0n) is 10.3. The zero-order chi connectivity index (χ0) is 13.5. The maximum Gasteiger partial charge on any atom is 0.316 e. The van der Waals surface area contributed by atoms with E-state index >= 15 is 0 Å². The van der Waals surface area contributed by atoms with Crippen LogP contribution in [0.1, 0.15) is 12.8 Å². The van der Waals surface area contributed by atoms with Crippen LogP contribution in [-0.2, 0) is 0 Å². The van der Waals surface area contributed by atoms with Gasteiger partial charge in [0.1, 0.15) is 0 Å². The second-order valence-corrected chi connectivity index (χ2v) is 4.12. The molecule has 2 heterocycles. The zero-order valence-corrected chi connectivity index (χ0v) is 10.3. The molecule has 0 aromatic carbocycles. The van der Waals surface area contributed by atoms with E-state index in [9.17, 15) is 9.59 Å². The number of hydrogen-bond donors (Lipinski definition) is 4. The van der Waals surface area contributed by atoms with Crippen LogP contribution in [0.3, 0.4) is 0 Å². The lowest BCUT2D eigenvalue weighted by atomic mass is 10.4. The standard InChI is InChI=1S/C6H7N3O3.C5H11N/c7-6(12)8-3-1-4(10)9-5(11)2-3;1-6-4-2-3-5-6/h1-2H,(H5,7,8,9,10,11,12);2-5H2,1H3. The average molecular weight is 254 g/mol. The largest absolute Gasteiger partial charge is 0.494 e. The molecule has 5 N–H and O–H groups in total. The molecule has 0 aliphatic carbocycles. The van der Waals surface area contributed by atoms with Crippen molar-refractivity contribution in [1.82, 2.24) is 9.88 Å². The highest BCUT2D eigenvalue weighted by molar-refractivity contribution is 5.87. The minimum Gasteiger partial charge on any atom is -0.494 e. The van der Waals surface area contributed by atoms with Gasteiger partial charge in [0.2, 0.25) is 0 Å². The minimum atomic E-state index is -0.792. The number of aromatic nitrogens is 1. The number of pyridine rings is 1. The predicted molar refractivity (Wildman–Crippen MR) is 68.7 cm³/mol. The molecule has 0 saturated carbocycles. The first-order valence-electron chi connectivity index (χ1n) is 5.65. The molecule has 100 valence electrons. The minimum absolute atomic E-state index is 0.156. The molecule has 1 saturated heterocycles. The van der Waals surface area contributed by atoms with Gasteiger partial charge in [-0.25, -0.2) is 4.79 Å². The SMILES string of the molecule is CN1CCCC1.NC(=O)Nc1cc(O)[nH]c(=O)c1. The molecule has 1 aliphatic heterocycles. The first-order chi connectivity index (χ1) is 8.47. The van der Waals surface area contributed by atoms with Crippen molar-refractivity contribution in [2.24, 2.45) is 5.73 Å². The van der Waals surface area contributed by atoms with E-state index in [1.165, 1.54) is 32.0 Å². The fourth-order valence-electron chi connectivity index (χ4n) is 1.62. The Morgan fingerprint density at radius 2 is 2.06 bits per heavy atom. The summed E-state index contributed by atoms with van der Waals surface area (Å²) in [7, 11) is 2.17. The third kappa shape index (κ3) is 5.35. The molecule has 18 heavy (non-hydrogen) atoms. The van der Waals surface area contributed by atoms with E-state index in [1.807, 2.05) is 0 Å². The first kappa shape index (κ1) is 14.0. The lowest BCUT2D eigenvalue weighted by Crippen LogP contribution is -2.20. The van der Waals surface area contributed by atoms with Gasteiger partial charge >= 0.3 is 6.03 Å². The summed E-state index contributed by atoms with van der Waals surface area (Å²) in [5.41, 5.74) is 4.42. The lowest BCUT2D eigenvalue weighted by Gasteiger charge is -2.01. The van der Waals surface area contributed by atoms with Gasteiger partial charge in [-0.3, -0.25) is 9.78 Å². The van der Waals surface area contributed by atoms with Crippen molar-refractivity contribution in [3.63, 3.8) is 0 Å². The molecule has 1 aliphatic rings. The van der Waals surface area contributed by atoms with Crippen LogP contribution >= 0.6 is 0 Å². The van der Waals surface area contributed by atoms with Crippen LogP contribution in [0.5, 0.6) is 5.88 Å². The fourth-order valence-corrected chi connectivity index (χ4v) is 1.62. The van der Waals surface area contributed by atoms with Crippen LogP contribution in [0.25, 0.3) is 0 Å². The molecule has 2 rings (SSSR count). The summed E-state index contributed by atoms with van der Waals surface area (Å²) in [4.78, 5) is 25.4. The fraction of sp³-hybridized carbons (Fsp3) is 0.455. The van der Waals surface area contributed by atoms with Crippen LogP contribution in [0.15, 0.2) is 16.9 Å². The van der Waals surface area contributed by atoms with E-state index in [0.717, 1.165) is 6.07 Å². The van der Waals surface area contributed by atoms with Crippen molar-refractivity contribution in [2.75, 3.05) is 25.5 Å². The number of amides is 2. The van der Waals surface area contributed by atoms with Gasteiger partial charge in [-0.05, 0) is 33.0 Å². The normalized spacial score (nSPS) is 14.7. The average Bonchev–Trinajstić information content (AvgIpc) is 2.67. The maximum absolute atomic E-state index is 10.7. The van der Waals surface area contributed by atoms with Crippen molar-refractivity contribution < 1.29 is 9.90 Å². The van der Waals surface area contributed by atoms with Crippen molar-refractivity contribution in [1.29, 1.82) is 0 Å². The maximum atomic E-state index is 10.7. The Kier molecular flexibility index (Phi) is 5.19. The number of aromatic hydroxyl groups is 1. The molecule has 2 amide bonds. The summed E-state index contributed by atoms with van der Waals surface area (Å²) >= 11 is 0. The Hall–Kier alpha value is -2.02. The van der Waals surface area contributed by atoms with Crippen LogP contribution in [0, 0.1) is 0 Å². The molecule has 1 aromatic rings. The molecule has 7 nitrogen and oxygen atoms in total. The molecular formula is C11H18N4O3. The molecule has 0 unspecified atom stereocenters. The molecule has 0 bridgehead atoms. The summed E-state index contributed by atoms with van der Waals surface area (Å²) < 4.78 is 0. The number of anilines is 1. The Labute approximate surface area is 105 Å². The summed E-state index contributed by atoms with van der Waals surface area (Å²) in [6.07, 6.45) is 2.83. The topological polar surface area (TPSA) is 111 Å². The third-order valence-corrected chi connectivity index (χ3v) is 2.43. The third-order valence-electron chi connectivity index (χ3n) is 2.43. The number of nitrogens with two attached hydrogens (primary N) is 1. The number of nitrogens with zero attached hydrogens (tertiary/aromatic N) is 1. The Morgan fingerprint density at radius 3 is 2.44 bits per heavy atom. The summed E-state index contributed by atoms with van der Waals surface area (Å²) in [5, 5.41) is 11.0. The number of hydrogen-bond acceptors (Lipinski definition) is 4. The van der Waals surface area contributed by atoms with Crippen LogP contribution in [0.2, 0.25) is 0 Å². The Bertz CT molecular complexity index is 452. The summed E-state index contributed by atoms with van der Waals surface area (Å²) in [6.45, 7) is 2.64. The number of rotatable bonds is 1. The smallest absolute Gasteiger partial charge is 0.316 e. The highest BCUT2D eigenvalue weighted by atomic mass is 16.3. The van der Waals surface area contributed by atoms with Crippen molar-refractivity contribution in [3.05, 3.63) is 22.5 Å². The Balaban J connectivity index is 0.000000225. The van der Waals surface area contributed by atoms with Crippen LogP contribution in [0.4, 0.5) is 10.5 Å². The number of primary amides is 1. The van der Waals surface area contributed by atoms with Crippen molar-refractivity contribution in [2.45, 2.75) is 12.8 Å². The lowest BCUT2D eigenvalue weighted by molar-refractivity contribution is 0.259. The van der Waals surface area contributed by atoms with Crippen LogP contribution < -0.4 is 16.6 Å². The van der Waals surface area contributed by atoms with Crippen molar-refractivity contribution >= 4 is 11.7 Å². The van der Waals surface area contributed by atoms with Gasteiger partial charge in [-0.15, -0.1) is 0 Å². The number of aromatic amines is 1. The number of carbonyl (C=O) groups excluding carboxylic acids is 1. The van der Waals surface area contributed by atoms with Gasteiger partial charge in [-0.1, -0.05) is 0 Å². The van der Waals surface area contributed by atoms with Crippen molar-refractivity contribution in [3.8, 4) is 5.88 Å². The van der Waals surface area contributed by atoms with Gasteiger partial charge < -0.3 is 21.1 Å². The number of H-pyrrole nitrogens is 1. The van der Waals surface area contributed by atoms with E-state index in [0.29, 0.717) is 0 Å². The van der Waals surface area contributed by atoms with E-state index in [2.05, 4.69) is 22.2 Å². The Morgan fingerprint density at radius 1 is 1.44 bits per heavy atom. The molecule has 1 fully saturated rings. The second kappa shape index (κ2) is 6.65. The molecule has 0 atom stereocenters. The predicted octanol–water partition coefficient (Wildman–Crippen LogP) is 0.283. The van der Waals surface area contributed by atoms with Gasteiger partial charge in [-0.2, -0.15) is 0 Å². The quantitative estimate of drug-likeness (QED) is 0.576. The van der Waals surface area contributed by atoms with E-state index in [-0.39, 0.29) is 11.6 Å². The second-order valence-electron chi connectivity index (χ2n) is 4.12. The molecule has 7 heteroatoms. The molecule has 1 aromatic heterocycles. The first-order valence-corrected chi connectivity index (χ1v) is 5.65. The summed E-state index contributed by atoms with van der Waals surface area (Å²) in [5.74, 6) is -0.328. The molecule has 0 radical (unpaired) electrons. The van der Waals surface area contributed by atoms with Crippen LogP contribution in [-0.4, -0.2) is 41.2 Å². The molecule has 0 spiro atoms. The monoisotopic (exact) mass is 254 g/mol. The molecular weight excluding hydrogens is 236 g/mol. The highest BCUT2D eigenvalue weighted by Crippen LogP contribution is 2.08. The highest BCUT2D eigenvalue weighted by Gasteiger charge is 2.03. The van der Waals surface area contributed by atoms with Gasteiger partial charge in [0.05, 0.1) is 5.69 Å². The van der Waals surface area contributed by atoms with E-state index in [1.54, 1.807) is 0 Å². The summed E-state index contributed by atoms with van der Waals surface area (Å²) in [6, 6.07) is 1.48. The number of carbonyl (C=O) groups is 1.